The normalized spacial score (nSPS) is 15.3. The third-order valence-corrected chi connectivity index (χ3v) is 5.21. The number of amides is 3. The first-order chi connectivity index (χ1) is 16.0. The Morgan fingerprint density at radius 2 is 1.68 bits per heavy atom. The average Bonchev–Trinajstić information content (AvgIpc) is 3.30. The van der Waals surface area contributed by atoms with E-state index in [2.05, 4.69) is 25.9 Å². The van der Waals surface area contributed by atoms with Crippen molar-refractivity contribution in [2.24, 2.45) is 11.7 Å². The van der Waals surface area contributed by atoms with E-state index in [1.54, 1.807) is 13.8 Å². The predicted octanol–water partition coefficient (Wildman–Crippen LogP) is -2.28. The number of aromatic amines is 1. The van der Waals surface area contributed by atoms with Gasteiger partial charge in [-0.2, -0.15) is 0 Å². The van der Waals surface area contributed by atoms with E-state index in [9.17, 15) is 34.2 Å². The van der Waals surface area contributed by atoms with Crippen LogP contribution >= 0.6 is 0 Å². The highest BCUT2D eigenvalue weighted by molar-refractivity contribution is 5.94. The van der Waals surface area contributed by atoms with Gasteiger partial charge in [-0.25, -0.2) is 9.78 Å². The maximum Gasteiger partial charge on any atom is 0.326 e. The molecule has 3 amide bonds. The highest BCUT2D eigenvalue weighted by Gasteiger charge is 2.32. The number of aliphatic carboxylic acids is 2. The van der Waals surface area contributed by atoms with Crippen LogP contribution in [-0.4, -0.2) is 85.7 Å². The van der Waals surface area contributed by atoms with Gasteiger partial charge in [-0.1, -0.05) is 20.3 Å². The van der Waals surface area contributed by atoms with Gasteiger partial charge in [0.1, 0.15) is 18.1 Å². The van der Waals surface area contributed by atoms with Crippen molar-refractivity contribution in [1.29, 1.82) is 0 Å². The second-order valence-corrected chi connectivity index (χ2v) is 7.83. The summed E-state index contributed by atoms with van der Waals surface area (Å²) in [6.45, 7) is 2.60. The lowest BCUT2D eigenvalue weighted by molar-refractivity contribution is -0.144. The van der Waals surface area contributed by atoms with E-state index in [0.717, 1.165) is 0 Å². The summed E-state index contributed by atoms with van der Waals surface area (Å²) in [4.78, 5) is 66.6. The van der Waals surface area contributed by atoms with E-state index >= 15 is 0 Å². The first kappa shape index (κ1) is 28.5. The number of aliphatic hydroxyl groups excluding tert-OH is 1. The largest absolute Gasteiger partial charge is 0.481 e. The number of carboxylic acids is 2. The fourth-order valence-electron chi connectivity index (χ4n) is 2.92. The molecule has 0 saturated carbocycles. The summed E-state index contributed by atoms with van der Waals surface area (Å²) in [6.07, 6.45) is 2.64. The Bertz CT molecular complexity index is 846. The number of nitrogens with one attached hydrogen (secondary N) is 4. The van der Waals surface area contributed by atoms with Gasteiger partial charge in [0.2, 0.25) is 17.7 Å². The molecule has 0 bridgehead atoms. The van der Waals surface area contributed by atoms with E-state index in [1.165, 1.54) is 12.5 Å². The quantitative estimate of drug-likeness (QED) is 0.133. The number of carbonyl (C=O) groups is 5. The van der Waals surface area contributed by atoms with Crippen molar-refractivity contribution in [1.82, 2.24) is 25.9 Å². The van der Waals surface area contributed by atoms with Crippen LogP contribution in [0.5, 0.6) is 0 Å². The summed E-state index contributed by atoms with van der Waals surface area (Å²) in [5.74, 6) is -5.32. The predicted molar refractivity (Wildman–Crippen MR) is 117 cm³/mol. The van der Waals surface area contributed by atoms with Crippen LogP contribution in [-0.2, 0) is 30.4 Å². The summed E-state index contributed by atoms with van der Waals surface area (Å²) in [5, 5.41) is 34.7. The number of aromatic nitrogens is 2. The standard InChI is InChI=1S/C20H32N6O8/c1-3-10(2)16(20(33)34)26-18(31)13(6-11-7-22-9-23-11)24-19(32)14(8-27)25-17(30)12(21)4-5-15(28)29/h7,9-10,12-14,16,27H,3-6,8,21H2,1-2H3,(H,22,23)(H,24,32)(H,25,30)(H,26,31)(H,28,29)(H,33,34). The van der Waals surface area contributed by atoms with Crippen LogP contribution in [0.4, 0.5) is 0 Å². The van der Waals surface area contributed by atoms with Crippen molar-refractivity contribution in [3.8, 4) is 0 Å². The summed E-state index contributed by atoms with van der Waals surface area (Å²) < 4.78 is 0. The van der Waals surface area contributed by atoms with Gasteiger partial charge in [0.05, 0.1) is 19.0 Å². The SMILES string of the molecule is CCC(C)C(NC(=O)C(Cc1cnc[nH]1)NC(=O)C(CO)NC(=O)C(N)CCC(=O)O)C(=O)O. The molecule has 1 aromatic heterocycles. The number of nitrogens with two attached hydrogens (primary N) is 1. The highest BCUT2D eigenvalue weighted by atomic mass is 16.4. The molecule has 1 rings (SSSR count). The Hall–Kier alpha value is -3.52. The lowest BCUT2D eigenvalue weighted by atomic mass is 9.98. The summed E-state index contributed by atoms with van der Waals surface area (Å²) in [7, 11) is 0. The van der Waals surface area contributed by atoms with E-state index in [4.69, 9.17) is 10.8 Å². The zero-order chi connectivity index (χ0) is 25.8. The molecule has 0 radical (unpaired) electrons. The van der Waals surface area contributed by atoms with Gasteiger partial charge in [0.15, 0.2) is 0 Å². The molecule has 5 unspecified atom stereocenters. The average molecular weight is 485 g/mol. The molecule has 0 saturated heterocycles. The number of hydrogen-bond acceptors (Lipinski definition) is 8. The minimum atomic E-state index is -1.48. The van der Waals surface area contributed by atoms with Crippen molar-refractivity contribution >= 4 is 29.7 Å². The molecule has 0 fully saturated rings. The van der Waals surface area contributed by atoms with Gasteiger partial charge in [0.25, 0.3) is 0 Å². The molecule has 0 spiro atoms. The second-order valence-electron chi connectivity index (χ2n) is 7.83. The fraction of sp³-hybridized carbons (Fsp3) is 0.600. The minimum Gasteiger partial charge on any atom is -0.481 e. The van der Waals surface area contributed by atoms with Gasteiger partial charge in [-0.05, 0) is 12.3 Å². The van der Waals surface area contributed by atoms with Crippen LogP contribution in [0.1, 0.15) is 38.8 Å². The van der Waals surface area contributed by atoms with Crippen molar-refractivity contribution in [3.63, 3.8) is 0 Å². The van der Waals surface area contributed by atoms with Gasteiger partial charge in [-0.3, -0.25) is 19.2 Å². The zero-order valence-corrected chi connectivity index (χ0v) is 19.0. The van der Waals surface area contributed by atoms with Gasteiger partial charge < -0.3 is 42.0 Å². The van der Waals surface area contributed by atoms with E-state index in [1.807, 2.05) is 0 Å². The Morgan fingerprint density at radius 3 is 2.18 bits per heavy atom. The molecule has 14 nitrogen and oxygen atoms in total. The zero-order valence-electron chi connectivity index (χ0n) is 19.0. The summed E-state index contributed by atoms with van der Waals surface area (Å²) in [6, 6.07) is -5.16. The number of carboxylic acid groups (broad SMARTS) is 2. The number of carbonyl (C=O) groups excluding carboxylic acids is 3. The molecular formula is C20H32N6O8. The first-order valence-corrected chi connectivity index (χ1v) is 10.7. The third-order valence-electron chi connectivity index (χ3n) is 5.21. The summed E-state index contributed by atoms with van der Waals surface area (Å²) >= 11 is 0. The maximum atomic E-state index is 12.9. The molecule has 14 heteroatoms. The van der Waals surface area contributed by atoms with Crippen LogP contribution < -0.4 is 21.7 Å². The van der Waals surface area contributed by atoms with Crippen molar-refractivity contribution < 1.29 is 39.3 Å². The lowest BCUT2D eigenvalue weighted by Gasteiger charge is -2.26. The van der Waals surface area contributed by atoms with Crippen LogP contribution in [0.3, 0.4) is 0 Å². The Labute approximate surface area is 195 Å². The minimum absolute atomic E-state index is 0.0748. The third kappa shape index (κ3) is 9.15. The van der Waals surface area contributed by atoms with Crippen LogP contribution in [0.25, 0.3) is 0 Å². The monoisotopic (exact) mass is 484 g/mol. The van der Waals surface area contributed by atoms with Crippen molar-refractivity contribution in [3.05, 3.63) is 18.2 Å². The molecule has 1 heterocycles. The molecule has 0 aliphatic carbocycles. The molecule has 0 aliphatic heterocycles. The molecule has 0 aromatic carbocycles. The highest BCUT2D eigenvalue weighted by Crippen LogP contribution is 2.09. The Balaban J connectivity index is 2.94. The Morgan fingerprint density at radius 1 is 1.06 bits per heavy atom. The number of imidazole rings is 1. The van der Waals surface area contributed by atoms with Gasteiger partial charge >= 0.3 is 11.9 Å². The number of nitrogens with zero attached hydrogens (tertiary/aromatic N) is 1. The smallest absolute Gasteiger partial charge is 0.326 e. The number of hydrogen-bond donors (Lipinski definition) is 8. The fourth-order valence-corrected chi connectivity index (χ4v) is 2.92. The number of H-pyrrole nitrogens is 1. The molecule has 190 valence electrons. The molecule has 1 aromatic rings. The maximum absolute atomic E-state index is 12.9. The number of aliphatic hydroxyl groups is 1. The van der Waals surface area contributed by atoms with Crippen molar-refractivity contribution in [2.45, 2.75) is 63.7 Å². The molecule has 9 N–H and O–H groups in total. The van der Waals surface area contributed by atoms with E-state index in [-0.39, 0.29) is 25.2 Å². The second kappa shape index (κ2) is 13.9. The van der Waals surface area contributed by atoms with Gasteiger partial charge in [-0.15, -0.1) is 0 Å². The van der Waals surface area contributed by atoms with Gasteiger partial charge in [0, 0.05) is 24.7 Å². The van der Waals surface area contributed by atoms with E-state index in [0.29, 0.717) is 12.1 Å². The number of rotatable bonds is 15. The van der Waals surface area contributed by atoms with Crippen LogP contribution in [0, 0.1) is 5.92 Å². The molecule has 0 aliphatic rings. The van der Waals surface area contributed by atoms with Crippen molar-refractivity contribution in [2.75, 3.05) is 6.61 Å². The molecule has 5 atom stereocenters. The topological polar surface area (TPSA) is 237 Å². The molecular weight excluding hydrogens is 452 g/mol. The van der Waals surface area contributed by atoms with E-state index < -0.39 is 60.4 Å². The van der Waals surface area contributed by atoms with Crippen LogP contribution in [0.2, 0.25) is 0 Å². The lowest BCUT2D eigenvalue weighted by Crippen LogP contribution is -2.59. The first-order valence-electron chi connectivity index (χ1n) is 10.7. The van der Waals surface area contributed by atoms with Crippen LogP contribution in [0.15, 0.2) is 12.5 Å². The molecule has 34 heavy (non-hydrogen) atoms. The Kier molecular flexibility index (Phi) is 11.7. The summed E-state index contributed by atoms with van der Waals surface area (Å²) in [5.41, 5.74) is 6.08.